The second-order valence-corrected chi connectivity index (χ2v) is 5.18. The van der Waals surface area contributed by atoms with Gasteiger partial charge in [-0.2, -0.15) is 0 Å². The lowest BCUT2D eigenvalue weighted by molar-refractivity contribution is 1.08. The minimum atomic E-state index is 0.761. The van der Waals surface area contributed by atoms with E-state index in [9.17, 15) is 0 Å². The van der Waals surface area contributed by atoms with E-state index in [2.05, 4.69) is 15.3 Å². The van der Waals surface area contributed by atoms with Crippen LogP contribution >= 0.6 is 11.3 Å². The molecule has 2 heterocycles. The van der Waals surface area contributed by atoms with Crippen molar-refractivity contribution in [2.75, 3.05) is 5.32 Å². The maximum absolute atomic E-state index is 4.45. The van der Waals surface area contributed by atoms with Crippen molar-refractivity contribution in [3.8, 4) is 0 Å². The summed E-state index contributed by atoms with van der Waals surface area (Å²) in [6.45, 7) is 0.843. The highest BCUT2D eigenvalue weighted by atomic mass is 32.1. The van der Waals surface area contributed by atoms with Gasteiger partial charge in [0, 0.05) is 29.4 Å². The third kappa shape index (κ3) is 2.22. The Bertz CT molecular complexity index is 462. The number of nitrogens with zero attached hydrogens (tertiary/aromatic N) is 2. The first kappa shape index (κ1) is 9.78. The van der Waals surface area contributed by atoms with Gasteiger partial charge in [0.25, 0.3) is 0 Å². The first-order valence-corrected chi connectivity index (χ1v) is 6.32. The van der Waals surface area contributed by atoms with E-state index in [1.807, 2.05) is 35.9 Å². The summed E-state index contributed by atoms with van der Waals surface area (Å²) < 4.78 is 0. The Labute approximate surface area is 98.6 Å². The van der Waals surface area contributed by atoms with Crippen LogP contribution in [0.4, 0.5) is 5.69 Å². The molecule has 82 valence electrons. The number of hydrogen-bond acceptors (Lipinski definition) is 4. The van der Waals surface area contributed by atoms with Crippen molar-refractivity contribution < 1.29 is 0 Å². The van der Waals surface area contributed by atoms with Crippen LogP contribution in [0.5, 0.6) is 0 Å². The molecular formula is C12H13N3S. The number of hydrogen-bond donors (Lipinski definition) is 1. The van der Waals surface area contributed by atoms with Crippen LogP contribution in [0.2, 0.25) is 0 Å². The summed E-state index contributed by atoms with van der Waals surface area (Å²) in [6.07, 6.45) is 8.25. The predicted molar refractivity (Wildman–Crippen MR) is 65.7 cm³/mol. The van der Waals surface area contributed by atoms with Gasteiger partial charge in [-0.05, 0) is 25.0 Å². The molecule has 16 heavy (non-hydrogen) atoms. The molecule has 1 aliphatic rings. The zero-order valence-electron chi connectivity index (χ0n) is 8.89. The van der Waals surface area contributed by atoms with Crippen molar-refractivity contribution in [1.29, 1.82) is 0 Å². The maximum atomic E-state index is 4.45. The number of nitrogens with one attached hydrogen (secondary N) is 1. The lowest BCUT2D eigenvalue weighted by Gasteiger charge is -2.02. The van der Waals surface area contributed by atoms with Crippen molar-refractivity contribution in [2.45, 2.75) is 25.3 Å². The smallest absolute Gasteiger partial charge is 0.0959 e. The van der Waals surface area contributed by atoms with Gasteiger partial charge in [0.1, 0.15) is 0 Å². The summed E-state index contributed by atoms with van der Waals surface area (Å²) in [5, 5.41) is 4.65. The molecule has 1 aliphatic carbocycles. The average Bonchev–Trinajstić information content (AvgIpc) is 3.08. The van der Waals surface area contributed by atoms with Gasteiger partial charge in [-0.1, -0.05) is 0 Å². The van der Waals surface area contributed by atoms with Gasteiger partial charge in [-0.25, -0.2) is 4.98 Å². The molecule has 0 amide bonds. The van der Waals surface area contributed by atoms with Crippen LogP contribution in [0.1, 0.15) is 28.6 Å². The van der Waals surface area contributed by atoms with Gasteiger partial charge in [0.15, 0.2) is 0 Å². The molecular weight excluding hydrogens is 218 g/mol. The van der Waals surface area contributed by atoms with Crippen molar-refractivity contribution in [1.82, 2.24) is 9.97 Å². The van der Waals surface area contributed by atoms with Crippen LogP contribution in [-0.4, -0.2) is 9.97 Å². The Balaban J connectivity index is 1.61. The molecule has 0 saturated heterocycles. The largest absolute Gasteiger partial charge is 0.379 e. The Kier molecular flexibility index (Phi) is 2.58. The molecule has 3 nitrogen and oxygen atoms in total. The van der Waals surface area contributed by atoms with Crippen molar-refractivity contribution in [3.63, 3.8) is 0 Å². The lowest BCUT2D eigenvalue weighted by Crippen LogP contribution is -1.97. The highest BCUT2D eigenvalue weighted by molar-refractivity contribution is 7.11. The Morgan fingerprint density at radius 3 is 3.06 bits per heavy atom. The third-order valence-electron chi connectivity index (χ3n) is 2.63. The number of thiazole rings is 1. The summed E-state index contributed by atoms with van der Waals surface area (Å²) in [4.78, 5) is 9.82. The standard InChI is InChI=1S/C12H13N3S/c1-2-10(6-13-5-1)14-7-11-8-15-12(16-11)9-3-4-9/h1-2,5-6,8-9,14H,3-4,7H2. The number of anilines is 1. The fourth-order valence-corrected chi connectivity index (χ4v) is 2.61. The van der Waals surface area contributed by atoms with Crippen molar-refractivity contribution >= 4 is 17.0 Å². The SMILES string of the molecule is c1cncc(NCc2cnc(C3CC3)s2)c1. The average molecular weight is 231 g/mol. The van der Waals surface area contributed by atoms with Gasteiger partial charge in [-0.15, -0.1) is 11.3 Å². The topological polar surface area (TPSA) is 37.8 Å². The molecule has 0 aliphatic heterocycles. The van der Waals surface area contributed by atoms with Crippen LogP contribution in [0.3, 0.4) is 0 Å². The zero-order chi connectivity index (χ0) is 10.8. The molecule has 0 spiro atoms. The van der Waals surface area contributed by atoms with E-state index in [1.54, 1.807) is 6.20 Å². The zero-order valence-corrected chi connectivity index (χ0v) is 9.70. The Hall–Kier alpha value is -1.42. The minimum absolute atomic E-state index is 0.761. The molecule has 2 aromatic rings. The highest BCUT2D eigenvalue weighted by Crippen LogP contribution is 2.41. The fraction of sp³-hybridized carbons (Fsp3) is 0.333. The van der Waals surface area contributed by atoms with E-state index in [0.29, 0.717) is 0 Å². The van der Waals surface area contributed by atoms with Gasteiger partial charge >= 0.3 is 0 Å². The molecule has 0 aromatic carbocycles. The monoisotopic (exact) mass is 231 g/mol. The second kappa shape index (κ2) is 4.22. The second-order valence-electron chi connectivity index (χ2n) is 4.03. The van der Waals surface area contributed by atoms with Gasteiger partial charge in [0.2, 0.25) is 0 Å². The van der Waals surface area contributed by atoms with Crippen molar-refractivity contribution in [3.05, 3.63) is 40.6 Å². The van der Waals surface area contributed by atoms with E-state index in [1.165, 1.54) is 22.7 Å². The Morgan fingerprint density at radius 1 is 1.38 bits per heavy atom. The molecule has 0 unspecified atom stereocenters. The molecule has 4 heteroatoms. The molecule has 1 saturated carbocycles. The van der Waals surface area contributed by atoms with Crippen LogP contribution < -0.4 is 5.32 Å². The predicted octanol–water partition coefficient (Wildman–Crippen LogP) is 3.03. The van der Waals surface area contributed by atoms with E-state index in [0.717, 1.165) is 18.2 Å². The quantitative estimate of drug-likeness (QED) is 0.879. The first-order chi connectivity index (χ1) is 7.92. The third-order valence-corrected chi connectivity index (χ3v) is 3.79. The number of aromatic nitrogens is 2. The van der Waals surface area contributed by atoms with E-state index in [4.69, 9.17) is 0 Å². The molecule has 0 radical (unpaired) electrons. The van der Waals surface area contributed by atoms with Gasteiger partial charge in [0.05, 0.1) is 17.2 Å². The maximum Gasteiger partial charge on any atom is 0.0959 e. The summed E-state index contributed by atoms with van der Waals surface area (Å²) in [5.41, 5.74) is 1.06. The molecule has 1 fully saturated rings. The minimum Gasteiger partial charge on any atom is -0.379 e. The normalized spacial score (nSPS) is 15.0. The molecule has 1 N–H and O–H groups in total. The first-order valence-electron chi connectivity index (χ1n) is 5.50. The van der Waals surface area contributed by atoms with Crippen LogP contribution in [0.25, 0.3) is 0 Å². The van der Waals surface area contributed by atoms with Gasteiger partial charge in [-0.3, -0.25) is 4.98 Å². The van der Waals surface area contributed by atoms with Crippen LogP contribution in [0, 0.1) is 0 Å². The van der Waals surface area contributed by atoms with Gasteiger partial charge < -0.3 is 5.32 Å². The van der Waals surface area contributed by atoms with Crippen molar-refractivity contribution in [2.24, 2.45) is 0 Å². The lowest BCUT2D eigenvalue weighted by atomic mass is 10.4. The van der Waals surface area contributed by atoms with Crippen LogP contribution in [0.15, 0.2) is 30.7 Å². The number of rotatable bonds is 4. The molecule has 2 aromatic heterocycles. The van der Waals surface area contributed by atoms with E-state index >= 15 is 0 Å². The fourth-order valence-electron chi connectivity index (χ4n) is 1.58. The van der Waals surface area contributed by atoms with E-state index < -0.39 is 0 Å². The summed E-state index contributed by atoms with van der Waals surface area (Å²) in [7, 11) is 0. The molecule has 0 atom stereocenters. The highest BCUT2D eigenvalue weighted by Gasteiger charge is 2.26. The van der Waals surface area contributed by atoms with E-state index in [-0.39, 0.29) is 0 Å². The van der Waals surface area contributed by atoms with Crippen LogP contribution in [-0.2, 0) is 6.54 Å². The molecule has 0 bridgehead atoms. The number of pyridine rings is 1. The molecule has 3 rings (SSSR count). The summed E-state index contributed by atoms with van der Waals surface area (Å²) >= 11 is 1.83. The summed E-state index contributed by atoms with van der Waals surface area (Å²) in [5.74, 6) is 0.761. The summed E-state index contributed by atoms with van der Waals surface area (Å²) in [6, 6.07) is 3.96. The Morgan fingerprint density at radius 2 is 2.31 bits per heavy atom.